The Bertz CT molecular complexity index is 921. The van der Waals surface area contributed by atoms with Crippen molar-refractivity contribution in [2.75, 3.05) is 6.54 Å². The van der Waals surface area contributed by atoms with Crippen LogP contribution in [0.5, 0.6) is 0 Å². The van der Waals surface area contributed by atoms with E-state index in [-0.39, 0.29) is 11.6 Å². The number of nitro groups is 1. The fraction of sp³-hybridized carbons (Fsp3) is 0.158. The number of carbonyl (C=O) groups is 1. The summed E-state index contributed by atoms with van der Waals surface area (Å²) in [4.78, 5) is 28.0. The number of nitrogens with one attached hydrogen (secondary N) is 1. The second-order valence-corrected chi connectivity index (χ2v) is 6.79. The molecule has 1 amide bonds. The number of thiazole rings is 1. The number of benzene rings is 2. The monoisotopic (exact) mass is 367 g/mol. The minimum atomic E-state index is -0.488. The highest BCUT2D eigenvalue weighted by Gasteiger charge is 2.11. The van der Waals surface area contributed by atoms with Crippen molar-refractivity contribution in [1.29, 1.82) is 0 Å². The van der Waals surface area contributed by atoms with Crippen LogP contribution >= 0.6 is 11.3 Å². The van der Waals surface area contributed by atoms with Crippen molar-refractivity contribution in [1.82, 2.24) is 10.3 Å². The molecule has 1 aromatic heterocycles. The first-order valence-corrected chi connectivity index (χ1v) is 8.90. The molecule has 0 spiro atoms. The van der Waals surface area contributed by atoms with Gasteiger partial charge in [-0.2, -0.15) is 0 Å². The molecule has 1 N–H and O–H groups in total. The van der Waals surface area contributed by atoms with Crippen LogP contribution in [0.3, 0.4) is 0 Å². The van der Waals surface area contributed by atoms with E-state index in [0.29, 0.717) is 18.5 Å². The number of rotatable bonds is 6. The van der Waals surface area contributed by atoms with Gasteiger partial charge in [0.25, 0.3) is 11.6 Å². The molecule has 0 saturated carbocycles. The Morgan fingerprint density at radius 2 is 1.85 bits per heavy atom. The summed E-state index contributed by atoms with van der Waals surface area (Å²) in [5.74, 6) is -0.245. The minimum Gasteiger partial charge on any atom is -0.352 e. The third kappa shape index (κ3) is 4.12. The maximum Gasteiger partial charge on any atom is 0.269 e. The van der Waals surface area contributed by atoms with Crippen LogP contribution < -0.4 is 5.32 Å². The van der Waals surface area contributed by atoms with E-state index in [1.54, 1.807) is 11.3 Å². The van der Waals surface area contributed by atoms with Crippen LogP contribution in [0.4, 0.5) is 5.69 Å². The van der Waals surface area contributed by atoms with E-state index in [0.717, 1.165) is 21.1 Å². The number of carbonyl (C=O) groups excluding carboxylic acids is 1. The molecule has 0 bridgehead atoms. The summed E-state index contributed by atoms with van der Waals surface area (Å²) < 4.78 is 0. The average Bonchev–Trinajstić information content (AvgIpc) is 3.03. The summed E-state index contributed by atoms with van der Waals surface area (Å²) >= 11 is 1.63. The Hall–Kier alpha value is -3.06. The Kier molecular flexibility index (Phi) is 5.38. The van der Waals surface area contributed by atoms with Crippen molar-refractivity contribution in [3.05, 3.63) is 80.8 Å². The first-order chi connectivity index (χ1) is 12.5. The van der Waals surface area contributed by atoms with Crippen LogP contribution in [0.25, 0.3) is 10.6 Å². The summed E-state index contributed by atoms with van der Waals surface area (Å²) in [7, 11) is 0. The Balaban J connectivity index is 1.59. The molecule has 1 heterocycles. The largest absolute Gasteiger partial charge is 0.352 e. The van der Waals surface area contributed by atoms with Crippen LogP contribution in [0, 0.1) is 17.0 Å². The fourth-order valence-corrected chi connectivity index (χ4v) is 3.56. The lowest BCUT2D eigenvalue weighted by Crippen LogP contribution is -2.25. The van der Waals surface area contributed by atoms with Crippen LogP contribution in [0.1, 0.15) is 20.9 Å². The molecule has 26 heavy (non-hydrogen) atoms. The van der Waals surface area contributed by atoms with Gasteiger partial charge in [0.15, 0.2) is 0 Å². The van der Waals surface area contributed by atoms with Gasteiger partial charge in [-0.15, -0.1) is 11.3 Å². The fourth-order valence-electron chi connectivity index (χ4n) is 2.49. The highest BCUT2D eigenvalue weighted by molar-refractivity contribution is 7.15. The highest BCUT2D eigenvalue weighted by atomic mass is 32.1. The predicted octanol–water partition coefficient (Wildman–Crippen LogP) is 4.00. The normalized spacial score (nSPS) is 10.5. The second-order valence-electron chi connectivity index (χ2n) is 5.70. The standard InChI is InChI=1S/C19H17N3O3S/c1-13-17(26-19(21-13)15-5-3-2-4-6-15)11-12-20-18(23)14-7-9-16(10-8-14)22(24)25/h2-10H,11-12H2,1H3,(H,20,23). The third-order valence-corrected chi connectivity index (χ3v) is 5.16. The number of nitro benzene ring substituents is 1. The molecular formula is C19H17N3O3S. The second kappa shape index (κ2) is 7.88. The van der Waals surface area contributed by atoms with Crippen LogP contribution in [0.2, 0.25) is 0 Å². The molecule has 0 aliphatic rings. The number of non-ortho nitro benzene ring substituents is 1. The molecule has 0 fully saturated rings. The Labute approximate surface area is 154 Å². The van der Waals surface area contributed by atoms with Crippen molar-refractivity contribution in [3.63, 3.8) is 0 Å². The number of hydrogen-bond acceptors (Lipinski definition) is 5. The van der Waals surface area contributed by atoms with Crippen molar-refractivity contribution >= 4 is 22.9 Å². The number of nitrogens with zero attached hydrogens (tertiary/aromatic N) is 2. The summed E-state index contributed by atoms with van der Waals surface area (Å²) in [5.41, 5.74) is 2.43. The van der Waals surface area contributed by atoms with E-state index >= 15 is 0 Å². The lowest BCUT2D eigenvalue weighted by atomic mass is 10.2. The van der Waals surface area contributed by atoms with Gasteiger partial charge in [0.1, 0.15) is 5.01 Å². The number of aromatic nitrogens is 1. The molecule has 132 valence electrons. The zero-order valence-electron chi connectivity index (χ0n) is 14.1. The van der Waals surface area contributed by atoms with Gasteiger partial charge in [-0.3, -0.25) is 14.9 Å². The predicted molar refractivity (Wildman–Crippen MR) is 101 cm³/mol. The van der Waals surface area contributed by atoms with E-state index in [1.807, 2.05) is 37.3 Å². The summed E-state index contributed by atoms with van der Waals surface area (Å²) in [5, 5.41) is 14.5. The maximum absolute atomic E-state index is 12.1. The van der Waals surface area contributed by atoms with Crippen molar-refractivity contribution in [2.24, 2.45) is 0 Å². The molecule has 0 aliphatic carbocycles. The molecule has 0 radical (unpaired) electrons. The lowest BCUT2D eigenvalue weighted by Gasteiger charge is -2.04. The first kappa shape index (κ1) is 17.8. The zero-order chi connectivity index (χ0) is 18.5. The maximum atomic E-state index is 12.1. The number of hydrogen-bond donors (Lipinski definition) is 1. The molecule has 6 nitrogen and oxygen atoms in total. The highest BCUT2D eigenvalue weighted by Crippen LogP contribution is 2.27. The first-order valence-electron chi connectivity index (χ1n) is 8.09. The quantitative estimate of drug-likeness (QED) is 0.527. The molecule has 0 atom stereocenters. The molecular weight excluding hydrogens is 350 g/mol. The van der Waals surface area contributed by atoms with E-state index in [9.17, 15) is 14.9 Å². The van der Waals surface area contributed by atoms with E-state index < -0.39 is 4.92 Å². The number of amides is 1. The van der Waals surface area contributed by atoms with Gasteiger partial charge < -0.3 is 5.32 Å². The van der Waals surface area contributed by atoms with E-state index in [4.69, 9.17) is 0 Å². The van der Waals surface area contributed by atoms with Crippen molar-refractivity contribution < 1.29 is 9.72 Å². The molecule has 3 rings (SSSR count). The molecule has 3 aromatic rings. The van der Waals surface area contributed by atoms with Crippen LogP contribution in [0.15, 0.2) is 54.6 Å². The minimum absolute atomic E-state index is 0.0322. The van der Waals surface area contributed by atoms with E-state index in [2.05, 4.69) is 10.3 Å². The number of aryl methyl sites for hydroxylation is 1. The third-order valence-electron chi connectivity index (χ3n) is 3.89. The molecule has 2 aromatic carbocycles. The molecule has 7 heteroatoms. The van der Waals surface area contributed by atoms with Gasteiger partial charge in [-0.25, -0.2) is 4.98 Å². The van der Waals surface area contributed by atoms with Gasteiger partial charge >= 0.3 is 0 Å². The van der Waals surface area contributed by atoms with Gasteiger partial charge in [0.05, 0.1) is 10.6 Å². The van der Waals surface area contributed by atoms with Crippen LogP contribution in [-0.4, -0.2) is 22.4 Å². The van der Waals surface area contributed by atoms with Gasteiger partial charge in [0, 0.05) is 41.1 Å². The summed E-state index contributed by atoms with van der Waals surface area (Å²) in [6.07, 6.45) is 0.690. The van der Waals surface area contributed by atoms with Crippen molar-refractivity contribution in [2.45, 2.75) is 13.3 Å². The lowest BCUT2D eigenvalue weighted by molar-refractivity contribution is -0.384. The van der Waals surface area contributed by atoms with Gasteiger partial charge in [0.2, 0.25) is 0 Å². The molecule has 0 unspecified atom stereocenters. The Morgan fingerprint density at radius 3 is 2.50 bits per heavy atom. The smallest absolute Gasteiger partial charge is 0.269 e. The SMILES string of the molecule is Cc1nc(-c2ccccc2)sc1CCNC(=O)c1ccc([N+](=O)[O-])cc1. The molecule has 0 aliphatic heterocycles. The van der Waals surface area contributed by atoms with Crippen molar-refractivity contribution in [3.8, 4) is 10.6 Å². The van der Waals surface area contributed by atoms with Gasteiger partial charge in [-0.05, 0) is 19.1 Å². The summed E-state index contributed by atoms with van der Waals surface area (Å²) in [6, 6.07) is 15.6. The zero-order valence-corrected chi connectivity index (χ0v) is 15.0. The topological polar surface area (TPSA) is 85.1 Å². The molecule has 0 saturated heterocycles. The van der Waals surface area contributed by atoms with E-state index in [1.165, 1.54) is 24.3 Å². The average molecular weight is 367 g/mol. The van der Waals surface area contributed by atoms with Gasteiger partial charge in [-0.1, -0.05) is 30.3 Å². The van der Waals surface area contributed by atoms with Crippen LogP contribution in [-0.2, 0) is 6.42 Å². The Morgan fingerprint density at radius 1 is 1.15 bits per heavy atom. The summed E-state index contributed by atoms with van der Waals surface area (Å²) in [6.45, 7) is 2.45.